The molecule has 0 saturated heterocycles. The van der Waals surface area contributed by atoms with Crippen molar-refractivity contribution in [1.82, 2.24) is 4.98 Å². The van der Waals surface area contributed by atoms with Gasteiger partial charge >= 0.3 is 5.97 Å². The zero-order valence-electron chi connectivity index (χ0n) is 14.1. The smallest absolute Gasteiger partial charge is 0.347 e. The van der Waals surface area contributed by atoms with Crippen molar-refractivity contribution >= 4 is 17.3 Å². The van der Waals surface area contributed by atoms with Crippen molar-refractivity contribution in [2.24, 2.45) is 0 Å². The van der Waals surface area contributed by atoms with Crippen LogP contribution >= 0.6 is 11.3 Å². The molecule has 0 aliphatic heterocycles. The normalized spacial score (nSPS) is 11.0. The summed E-state index contributed by atoms with van der Waals surface area (Å²) < 4.78 is 8.39. The number of hydrogen-bond acceptors (Lipinski definition) is 4. The lowest BCUT2D eigenvalue weighted by Gasteiger charge is -2.09. The first kappa shape index (κ1) is 14.6. The quantitative estimate of drug-likeness (QED) is 0.755. The van der Waals surface area contributed by atoms with Crippen molar-refractivity contribution in [2.45, 2.75) is 13.8 Å². The zero-order chi connectivity index (χ0) is 18.1. The molecule has 0 bridgehead atoms. The molecule has 0 spiro atoms. The maximum absolute atomic E-state index is 11.2. The van der Waals surface area contributed by atoms with Gasteiger partial charge in [0, 0.05) is 5.56 Å². The van der Waals surface area contributed by atoms with Crippen LogP contribution in [0.3, 0.4) is 0 Å². The first-order chi connectivity index (χ1) is 11.9. The Morgan fingerprint density at radius 2 is 2.04 bits per heavy atom. The molecule has 3 aromatic rings. The number of aromatic nitrogens is 1. The fourth-order valence-corrected chi connectivity index (χ4v) is 3.40. The van der Waals surface area contributed by atoms with Crippen molar-refractivity contribution in [1.29, 1.82) is 5.26 Å². The summed E-state index contributed by atoms with van der Waals surface area (Å²) in [7, 11) is 0. The van der Waals surface area contributed by atoms with Crippen LogP contribution in [0.1, 0.15) is 27.9 Å². The number of aryl methyl sites for hydroxylation is 2. The largest absolute Gasteiger partial charge is 0.477 e. The molecule has 0 aliphatic carbocycles. The summed E-state index contributed by atoms with van der Waals surface area (Å²) in [5.74, 6) is -1.02. The number of carboxylic acid groups (broad SMARTS) is 1. The molecular formula is C19H14N2O2S. The van der Waals surface area contributed by atoms with E-state index >= 15 is 0 Å². The van der Waals surface area contributed by atoms with Crippen LogP contribution in [-0.2, 0) is 0 Å². The molecule has 24 heavy (non-hydrogen) atoms. The van der Waals surface area contributed by atoms with E-state index in [1.54, 1.807) is 19.1 Å². The lowest BCUT2D eigenvalue weighted by molar-refractivity contribution is 0.0701. The van der Waals surface area contributed by atoms with Gasteiger partial charge in [-0.2, -0.15) is 5.26 Å². The minimum atomic E-state index is -1.02. The summed E-state index contributed by atoms with van der Waals surface area (Å²) in [5, 5.41) is 19.3. The third-order valence-corrected chi connectivity index (χ3v) is 4.91. The number of benzene rings is 2. The molecule has 1 heterocycles. The maximum Gasteiger partial charge on any atom is 0.347 e. The number of carboxylic acids is 1. The molecule has 118 valence electrons. The fourth-order valence-electron chi connectivity index (χ4n) is 2.50. The molecule has 0 saturated carbocycles. The van der Waals surface area contributed by atoms with E-state index in [0.717, 1.165) is 22.5 Å². The van der Waals surface area contributed by atoms with Crippen LogP contribution in [0.5, 0.6) is 0 Å². The summed E-state index contributed by atoms with van der Waals surface area (Å²) in [5.41, 5.74) is 3.80. The average Bonchev–Trinajstić information content (AvgIpc) is 2.97. The summed E-state index contributed by atoms with van der Waals surface area (Å²) in [4.78, 5) is 15.7. The Morgan fingerprint density at radius 3 is 2.67 bits per heavy atom. The molecule has 0 unspecified atom stereocenters. The molecule has 0 aliphatic rings. The molecule has 4 nitrogen and oxygen atoms in total. The maximum atomic E-state index is 11.2. The molecule has 0 radical (unpaired) electrons. The summed E-state index contributed by atoms with van der Waals surface area (Å²) in [6, 6.07) is 13.3. The first-order valence-electron chi connectivity index (χ1n) is 7.74. The molecule has 3 rings (SSSR count). The Morgan fingerprint density at radius 1 is 1.29 bits per heavy atom. The van der Waals surface area contributed by atoms with Crippen LogP contribution in [0.25, 0.3) is 21.7 Å². The van der Waals surface area contributed by atoms with Gasteiger partial charge in [-0.05, 0) is 36.6 Å². The van der Waals surface area contributed by atoms with Crippen molar-refractivity contribution in [2.75, 3.05) is 0 Å². The monoisotopic (exact) mass is 335 g/mol. The van der Waals surface area contributed by atoms with Gasteiger partial charge in [0.2, 0.25) is 0 Å². The first-order valence-corrected chi connectivity index (χ1v) is 8.06. The Labute approximate surface area is 145 Å². The van der Waals surface area contributed by atoms with Gasteiger partial charge in [-0.3, -0.25) is 0 Å². The van der Waals surface area contributed by atoms with E-state index in [2.05, 4.69) is 11.1 Å². The van der Waals surface area contributed by atoms with E-state index in [1.165, 1.54) is 0 Å². The predicted molar refractivity (Wildman–Crippen MR) is 94.1 cm³/mol. The lowest BCUT2D eigenvalue weighted by Crippen LogP contribution is -1.94. The molecule has 5 heteroatoms. The van der Waals surface area contributed by atoms with Gasteiger partial charge in [-0.25, -0.2) is 9.78 Å². The Balaban J connectivity index is 2.19. The number of aromatic carboxylic acids is 1. The van der Waals surface area contributed by atoms with E-state index < -0.39 is 5.97 Å². The molecule has 0 amide bonds. The second-order valence-corrected chi connectivity index (χ2v) is 6.34. The van der Waals surface area contributed by atoms with Crippen LogP contribution in [0.15, 0.2) is 42.4 Å². The summed E-state index contributed by atoms with van der Waals surface area (Å²) in [6.45, 7) is 3.57. The summed E-state index contributed by atoms with van der Waals surface area (Å²) in [6.07, 6.45) is 0. The van der Waals surface area contributed by atoms with Gasteiger partial charge in [0.1, 0.15) is 9.88 Å². The van der Waals surface area contributed by atoms with Gasteiger partial charge in [-0.1, -0.05) is 36.4 Å². The lowest BCUT2D eigenvalue weighted by atomic mass is 9.95. The van der Waals surface area contributed by atoms with Gasteiger partial charge in [0.25, 0.3) is 0 Å². The van der Waals surface area contributed by atoms with Gasteiger partial charge in [-0.15, -0.1) is 11.3 Å². The van der Waals surface area contributed by atoms with Crippen LogP contribution < -0.4 is 0 Å². The fraction of sp³-hybridized carbons (Fsp3) is 0.105. The van der Waals surface area contributed by atoms with Crippen molar-refractivity contribution < 1.29 is 11.3 Å². The van der Waals surface area contributed by atoms with Crippen LogP contribution in [0.4, 0.5) is 0 Å². The van der Waals surface area contributed by atoms with E-state index in [1.807, 2.05) is 31.2 Å². The number of carbonyl (C=O) groups is 1. The third-order valence-electron chi connectivity index (χ3n) is 3.71. The zero-order valence-corrected chi connectivity index (χ0v) is 13.9. The Bertz CT molecular complexity index is 1030. The van der Waals surface area contributed by atoms with Crippen LogP contribution in [-0.4, -0.2) is 16.1 Å². The molecule has 2 aromatic carbocycles. The van der Waals surface area contributed by atoms with Crippen LogP contribution in [0, 0.1) is 25.2 Å². The van der Waals surface area contributed by atoms with E-state index in [9.17, 15) is 15.2 Å². The SMILES string of the molecule is [2H]c1cc(-c2nc(C)c(C(=O)O)s2)cc(C#N)c1-c1ccccc1C. The van der Waals surface area contributed by atoms with Crippen molar-refractivity contribution in [3.05, 3.63) is 64.1 Å². The van der Waals surface area contributed by atoms with E-state index in [0.29, 0.717) is 27.4 Å². The molecule has 1 aromatic heterocycles. The van der Waals surface area contributed by atoms with Crippen LogP contribution in [0.2, 0.25) is 0 Å². The second kappa shape index (κ2) is 6.26. The number of rotatable bonds is 3. The Kier molecular flexibility index (Phi) is 3.81. The molecule has 1 N–H and O–H groups in total. The minimum Gasteiger partial charge on any atom is -0.477 e. The number of nitrogens with zero attached hydrogens (tertiary/aromatic N) is 2. The molecule has 0 atom stereocenters. The predicted octanol–water partition coefficient (Wildman–Crippen LogP) is 4.66. The third kappa shape index (κ3) is 2.80. The molecule has 0 fully saturated rings. The highest BCUT2D eigenvalue weighted by Gasteiger charge is 2.16. The standard InChI is InChI=1S/C19H14N2O2S/c1-11-5-3-4-6-15(11)16-8-7-13(9-14(16)10-20)18-21-12(2)17(24-18)19(22)23/h3-9H,1-2H3,(H,22,23)/i8D. The number of thiazole rings is 1. The highest BCUT2D eigenvalue weighted by Crippen LogP contribution is 2.33. The van der Waals surface area contributed by atoms with Gasteiger partial charge in [0.15, 0.2) is 0 Å². The minimum absolute atomic E-state index is 0.169. The molecular weight excluding hydrogens is 320 g/mol. The van der Waals surface area contributed by atoms with Crippen molar-refractivity contribution in [3.63, 3.8) is 0 Å². The number of hydrogen-bond donors (Lipinski definition) is 1. The topological polar surface area (TPSA) is 74.0 Å². The average molecular weight is 335 g/mol. The van der Waals surface area contributed by atoms with E-state index in [-0.39, 0.29) is 10.9 Å². The summed E-state index contributed by atoms with van der Waals surface area (Å²) >= 11 is 1.05. The van der Waals surface area contributed by atoms with Crippen molar-refractivity contribution in [3.8, 4) is 27.8 Å². The Hall–Kier alpha value is -2.97. The van der Waals surface area contributed by atoms with Gasteiger partial charge < -0.3 is 5.11 Å². The highest BCUT2D eigenvalue weighted by molar-refractivity contribution is 7.17. The highest BCUT2D eigenvalue weighted by atomic mass is 32.1. The number of nitriles is 1. The van der Waals surface area contributed by atoms with E-state index in [4.69, 9.17) is 1.37 Å². The van der Waals surface area contributed by atoms with Gasteiger partial charge in [0.05, 0.1) is 18.7 Å². The second-order valence-electron chi connectivity index (χ2n) is 5.34.